The molecule has 0 bridgehead atoms. The van der Waals surface area contributed by atoms with Crippen molar-refractivity contribution in [3.05, 3.63) is 243 Å². The Labute approximate surface area is 350 Å². The fraction of sp³-hybridized carbons (Fsp3) is 0. The van der Waals surface area contributed by atoms with E-state index in [1.165, 1.54) is 77.1 Å². The van der Waals surface area contributed by atoms with Gasteiger partial charge in [0.1, 0.15) is 0 Å². The number of anilines is 3. The number of benzene rings is 10. The van der Waals surface area contributed by atoms with Crippen molar-refractivity contribution in [3.8, 4) is 50.2 Å². The van der Waals surface area contributed by atoms with Crippen LogP contribution < -0.4 is 4.90 Å². The SMILES string of the molecule is c1ccc(-c2ccc(-c3ccc(N(c4ccc(-c5ccc(-n6c7ccccc7c7c8ccccc8ccc76)cc5)cc4)c4cccc(-c5ccccc5)c4)cc3)cc2)cc1. The average Bonchev–Trinajstić information content (AvgIpc) is 3.68. The van der Waals surface area contributed by atoms with Gasteiger partial charge in [0.05, 0.1) is 11.0 Å². The topological polar surface area (TPSA) is 8.17 Å². The molecule has 60 heavy (non-hydrogen) atoms. The molecule has 0 saturated heterocycles. The van der Waals surface area contributed by atoms with Crippen molar-refractivity contribution in [2.45, 2.75) is 0 Å². The van der Waals surface area contributed by atoms with Crippen LogP contribution in [0.25, 0.3) is 82.8 Å². The zero-order valence-electron chi connectivity index (χ0n) is 33.0. The molecule has 0 amide bonds. The lowest BCUT2D eigenvalue weighted by Gasteiger charge is -2.26. The summed E-state index contributed by atoms with van der Waals surface area (Å²) < 4.78 is 2.40. The Hall–Kier alpha value is -7.94. The van der Waals surface area contributed by atoms with E-state index >= 15 is 0 Å². The van der Waals surface area contributed by atoms with Crippen LogP contribution >= 0.6 is 0 Å². The van der Waals surface area contributed by atoms with Crippen LogP contribution in [-0.4, -0.2) is 4.57 Å². The molecular formula is C58H40N2. The van der Waals surface area contributed by atoms with Gasteiger partial charge in [-0.25, -0.2) is 0 Å². The third kappa shape index (κ3) is 6.41. The standard InChI is InChI=1S/C58H40N2/c1-3-12-41(13-4-1)43-22-24-44(25-23-43)45-26-33-50(34-27-45)59(53-18-11-17-49(40-53)42-14-5-2-6-15-42)51-35-28-46(29-36-51)47-30-37-52(38-31-47)60-56-21-10-9-20-55(56)58-54-19-8-7-16-48(54)32-39-57(58)60/h1-40H. The summed E-state index contributed by atoms with van der Waals surface area (Å²) in [7, 11) is 0. The van der Waals surface area contributed by atoms with Crippen molar-refractivity contribution in [3.63, 3.8) is 0 Å². The van der Waals surface area contributed by atoms with Gasteiger partial charge in [0.2, 0.25) is 0 Å². The molecule has 0 aliphatic rings. The highest BCUT2D eigenvalue weighted by atomic mass is 15.1. The number of aromatic nitrogens is 1. The largest absolute Gasteiger partial charge is 0.310 e. The van der Waals surface area contributed by atoms with Gasteiger partial charge in [0.15, 0.2) is 0 Å². The van der Waals surface area contributed by atoms with Gasteiger partial charge >= 0.3 is 0 Å². The lowest BCUT2D eigenvalue weighted by atomic mass is 10.00. The summed E-state index contributed by atoms with van der Waals surface area (Å²) in [6, 6.07) is 87.7. The molecule has 11 aromatic rings. The van der Waals surface area contributed by atoms with Gasteiger partial charge < -0.3 is 9.47 Å². The molecule has 0 N–H and O–H groups in total. The molecule has 0 aliphatic heterocycles. The summed E-state index contributed by atoms with van der Waals surface area (Å²) in [5.41, 5.74) is 16.4. The summed E-state index contributed by atoms with van der Waals surface area (Å²) in [6.45, 7) is 0. The first-order valence-corrected chi connectivity index (χ1v) is 20.6. The lowest BCUT2D eigenvalue weighted by Crippen LogP contribution is -2.10. The summed E-state index contributed by atoms with van der Waals surface area (Å²) in [6.07, 6.45) is 0. The Morgan fingerprint density at radius 3 is 1.32 bits per heavy atom. The summed E-state index contributed by atoms with van der Waals surface area (Å²) in [5, 5.41) is 5.12. The minimum absolute atomic E-state index is 1.10. The van der Waals surface area contributed by atoms with E-state index in [2.05, 4.69) is 252 Å². The highest BCUT2D eigenvalue weighted by Crippen LogP contribution is 2.40. The number of nitrogens with zero attached hydrogens (tertiary/aromatic N) is 2. The van der Waals surface area contributed by atoms with Gasteiger partial charge in [0, 0.05) is 33.5 Å². The second-order valence-corrected chi connectivity index (χ2v) is 15.4. The first kappa shape index (κ1) is 35.2. The molecule has 0 radical (unpaired) electrons. The average molecular weight is 765 g/mol. The molecule has 1 heterocycles. The van der Waals surface area contributed by atoms with Crippen LogP contribution in [0.4, 0.5) is 17.1 Å². The predicted molar refractivity (Wildman–Crippen MR) is 255 cm³/mol. The maximum absolute atomic E-state index is 2.40. The van der Waals surface area contributed by atoms with E-state index in [1.807, 2.05) is 0 Å². The monoisotopic (exact) mass is 764 g/mol. The van der Waals surface area contributed by atoms with Crippen LogP contribution in [0.3, 0.4) is 0 Å². The Morgan fingerprint density at radius 1 is 0.267 bits per heavy atom. The van der Waals surface area contributed by atoms with Crippen LogP contribution in [0.2, 0.25) is 0 Å². The molecule has 0 atom stereocenters. The van der Waals surface area contributed by atoms with E-state index in [0.717, 1.165) is 22.7 Å². The molecule has 1 aromatic heterocycles. The van der Waals surface area contributed by atoms with Crippen LogP contribution in [0, 0.1) is 0 Å². The fourth-order valence-electron chi connectivity index (χ4n) is 8.81. The molecule has 11 rings (SSSR count). The van der Waals surface area contributed by atoms with E-state index in [1.54, 1.807) is 0 Å². The number of hydrogen-bond donors (Lipinski definition) is 0. The Bertz CT molecular complexity index is 3250. The van der Waals surface area contributed by atoms with E-state index in [9.17, 15) is 0 Å². The molecule has 0 saturated carbocycles. The summed E-state index contributed by atoms with van der Waals surface area (Å²) in [5.74, 6) is 0. The zero-order chi connectivity index (χ0) is 39.8. The third-order valence-corrected chi connectivity index (χ3v) is 11.8. The smallest absolute Gasteiger partial charge is 0.0547 e. The molecule has 0 aliphatic carbocycles. The zero-order valence-corrected chi connectivity index (χ0v) is 33.0. The number of fused-ring (bicyclic) bond motifs is 5. The fourth-order valence-corrected chi connectivity index (χ4v) is 8.81. The van der Waals surface area contributed by atoms with Crippen molar-refractivity contribution in [1.82, 2.24) is 4.57 Å². The molecule has 282 valence electrons. The molecule has 2 heteroatoms. The number of rotatable bonds is 8. The van der Waals surface area contributed by atoms with Crippen LogP contribution in [-0.2, 0) is 0 Å². The molecule has 0 spiro atoms. The summed E-state index contributed by atoms with van der Waals surface area (Å²) in [4.78, 5) is 2.35. The highest BCUT2D eigenvalue weighted by Gasteiger charge is 2.17. The van der Waals surface area contributed by atoms with Crippen molar-refractivity contribution in [1.29, 1.82) is 0 Å². The van der Waals surface area contributed by atoms with Crippen LogP contribution in [0.1, 0.15) is 0 Å². The van der Waals surface area contributed by atoms with E-state index in [4.69, 9.17) is 0 Å². The summed E-state index contributed by atoms with van der Waals surface area (Å²) >= 11 is 0. The van der Waals surface area contributed by atoms with Gasteiger partial charge in [-0.1, -0.05) is 182 Å². The lowest BCUT2D eigenvalue weighted by molar-refractivity contribution is 1.18. The van der Waals surface area contributed by atoms with Crippen molar-refractivity contribution < 1.29 is 0 Å². The van der Waals surface area contributed by atoms with E-state index in [0.29, 0.717) is 0 Å². The Kier molecular flexibility index (Phi) is 8.87. The number of hydrogen-bond acceptors (Lipinski definition) is 1. The van der Waals surface area contributed by atoms with E-state index < -0.39 is 0 Å². The predicted octanol–water partition coefficient (Wildman–Crippen LogP) is 16.1. The maximum Gasteiger partial charge on any atom is 0.0547 e. The van der Waals surface area contributed by atoms with E-state index in [-0.39, 0.29) is 0 Å². The normalized spacial score (nSPS) is 11.3. The second kappa shape index (κ2) is 15.1. The second-order valence-electron chi connectivity index (χ2n) is 15.4. The Morgan fingerprint density at radius 2 is 0.717 bits per heavy atom. The van der Waals surface area contributed by atoms with Crippen molar-refractivity contribution in [2.75, 3.05) is 4.90 Å². The van der Waals surface area contributed by atoms with Crippen molar-refractivity contribution >= 4 is 49.6 Å². The van der Waals surface area contributed by atoms with Gasteiger partial charge in [-0.05, 0) is 116 Å². The Balaban J connectivity index is 0.931. The third-order valence-electron chi connectivity index (χ3n) is 11.8. The van der Waals surface area contributed by atoms with Crippen LogP contribution in [0.15, 0.2) is 243 Å². The van der Waals surface area contributed by atoms with Crippen molar-refractivity contribution in [2.24, 2.45) is 0 Å². The molecule has 10 aromatic carbocycles. The maximum atomic E-state index is 2.40. The molecular weight excluding hydrogens is 725 g/mol. The number of para-hydroxylation sites is 1. The first-order valence-electron chi connectivity index (χ1n) is 20.6. The van der Waals surface area contributed by atoms with Gasteiger partial charge in [-0.15, -0.1) is 0 Å². The minimum Gasteiger partial charge on any atom is -0.310 e. The molecule has 2 nitrogen and oxygen atoms in total. The highest BCUT2D eigenvalue weighted by molar-refractivity contribution is 6.21. The van der Waals surface area contributed by atoms with Gasteiger partial charge in [0.25, 0.3) is 0 Å². The molecule has 0 unspecified atom stereocenters. The van der Waals surface area contributed by atoms with Crippen LogP contribution in [0.5, 0.6) is 0 Å². The minimum atomic E-state index is 1.10. The quantitative estimate of drug-likeness (QED) is 0.150. The molecule has 0 fully saturated rings. The van der Waals surface area contributed by atoms with Gasteiger partial charge in [-0.3, -0.25) is 0 Å². The van der Waals surface area contributed by atoms with Gasteiger partial charge in [-0.2, -0.15) is 0 Å². The first-order chi connectivity index (χ1) is 29.7.